The Labute approximate surface area is 99.0 Å². The summed E-state index contributed by atoms with van der Waals surface area (Å²) in [5, 5.41) is 3.78. The fourth-order valence-corrected chi connectivity index (χ4v) is 1.38. The molecule has 0 atom stereocenters. The minimum absolute atomic E-state index is 0.625. The van der Waals surface area contributed by atoms with E-state index in [9.17, 15) is 0 Å². The van der Waals surface area contributed by atoms with E-state index in [1.807, 2.05) is 30.3 Å². The van der Waals surface area contributed by atoms with Gasteiger partial charge in [-0.1, -0.05) is 11.6 Å². The first-order valence-electron chi connectivity index (χ1n) is 4.80. The molecule has 1 aromatic heterocycles. The van der Waals surface area contributed by atoms with E-state index in [1.165, 1.54) is 0 Å². The maximum Gasteiger partial charge on any atom is 0.130 e. The number of nitrogens with one attached hydrogen (secondary N) is 1. The third-order valence-corrected chi connectivity index (χ3v) is 2.31. The zero-order chi connectivity index (χ0) is 11.4. The number of aromatic nitrogens is 1. The molecule has 82 valence electrons. The maximum absolute atomic E-state index is 5.75. The van der Waals surface area contributed by atoms with Crippen LogP contribution in [0.15, 0.2) is 42.6 Å². The fourth-order valence-electron chi connectivity index (χ4n) is 1.27. The molecule has 0 spiro atoms. The number of pyridine rings is 1. The average Bonchev–Trinajstić information content (AvgIpc) is 2.33. The van der Waals surface area contributed by atoms with Crippen LogP contribution >= 0.6 is 11.6 Å². The SMILES string of the molecule is COc1ccc(Nc2ccc(Cl)cn2)cc1. The van der Waals surface area contributed by atoms with Crippen LogP contribution in [-0.4, -0.2) is 12.1 Å². The molecule has 1 heterocycles. The van der Waals surface area contributed by atoms with Crippen LogP contribution in [-0.2, 0) is 0 Å². The van der Waals surface area contributed by atoms with Crippen molar-refractivity contribution in [3.8, 4) is 5.75 Å². The van der Waals surface area contributed by atoms with Crippen molar-refractivity contribution in [2.24, 2.45) is 0 Å². The molecule has 0 radical (unpaired) electrons. The van der Waals surface area contributed by atoms with Crippen LogP contribution in [0.2, 0.25) is 5.02 Å². The normalized spacial score (nSPS) is 9.88. The van der Waals surface area contributed by atoms with E-state index in [-0.39, 0.29) is 0 Å². The minimum Gasteiger partial charge on any atom is -0.497 e. The summed E-state index contributed by atoms with van der Waals surface area (Å²) in [5.74, 6) is 1.59. The van der Waals surface area contributed by atoms with Crippen molar-refractivity contribution < 1.29 is 4.74 Å². The molecule has 4 heteroatoms. The summed E-state index contributed by atoms with van der Waals surface area (Å²) in [4.78, 5) is 4.14. The van der Waals surface area contributed by atoms with Crippen LogP contribution in [0.4, 0.5) is 11.5 Å². The summed E-state index contributed by atoms with van der Waals surface area (Å²) in [6, 6.07) is 11.2. The van der Waals surface area contributed by atoms with Crippen molar-refractivity contribution in [2.75, 3.05) is 12.4 Å². The van der Waals surface area contributed by atoms with Crippen LogP contribution in [0.3, 0.4) is 0 Å². The van der Waals surface area contributed by atoms with E-state index in [0.29, 0.717) is 5.02 Å². The smallest absolute Gasteiger partial charge is 0.130 e. The van der Waals surface area contributed by atoms with Gasteiger partial charge in [-0.25, -0.2) is 4.98 Å². The number of anilines is 2. The molecule has 0 aliphatic carbocycles. The number of hydrogen-bond donors (Lipinski definition) is 1. The van der Waals surface area contributed by atoms with Crippen LogP contribution in [0.1, 0.15) is 0 Å². The molecular formula is C12H11ClN2O. The van der Waals surface area contributed by atoms with Crippen molar-refractivity contribution in [2.45, 2.75) is 0 Å². The van der Waals surface area contributed by atoms with Gasteiger partial charge in [0.2, 0.25) is 0 Å². The molecule has 0 amide bonds. The third-order valence-electron chi connectivity index (χ3n) is 2.09. The summed E-state index contributed by atoms with van der Waals surface area (Å²) < 4.78 is 5.07. The molecule has 2 aromatic rings. The number of benzene rings is 1. The zero-order valence-corrected chi connectivity index (χ0v) is 9.53. The molecule has 1 aromatic carbocycles. The Morgan fingerprint density at radius 2 is 1.88 bits per heavy atom. The number of hydrogen-bond acceptors (Lipinski definition) is 3. The molecule has 0 saturated carbocycles. The molecule has 0 aliphatic heterocycles. The highest BCUT2D eigenvalue weighted by Gasteiger charge is 1.96. The Kier molecular flexibility index (Phi) is 3.27. The molecular weight excluding hydrogens is 224 g/mol. The van der Waals surface area contributed by atoms with E-state index >= 15 is 0 Å². The standard InChI is InChI=1S/C12H11ClN2O/c1-16-11-5-3-10(4-6-11)15-12-7-2-9(13)8-14-12/h2-8H,1H3,(H,14,15). The lowest BCUT2D eigenvalue weighted by atomic mass is 10.3. The van der Waals surface area contributed by atoms with E-state index in [1.54, 1.807) is 19.4 Å². The van der Waals surface area contributed by atoms with Gasteiger partial charge in [-0.3, -0.25) is 0 Å². The summed E-state index contributed by atoms with van der Waals surface area (Å²) >= 11 is 5.75. The lowest BCUT2D eigenvalue weighted by Crippen LogP contribution is -1.92. The second-order valence-corrected chi connectivity index (χ2v) is 3.65. The van der Waals surface area contributed by atoms with Crippen molar-refractivity contribution in [1.82, 2.24) is 4.98 Å². The lowest BCUT2D eigenvalue weighted by Gasteiger charge is -2.06. The lowest BCUT2D eigenvalue weighted by molar-refractivity contribution is 0.415. The van der Waals surface area contributed by atoms with Crippen LogP contribution in [0.25, 0.3) is 0 Å². The summed E-state index contributed by atoms with van der Waals surface area (Å²) in [6.07, 6.45) is 1.60. The molecule has 0 bridgehead atoms. The van der Waals surface area contributed by atoms with Crippen molar-refractivity contribution in [3.63, 3.8) is 0 Å². The average molecular weight is 235 g/mol. The second-order valence-electron chi connectivity index (χ2n) is 3.22. The molecule has 2 rings (SSSR count). The first-order valence-corrected chi connectivity index (χ1v) is 5.18. The van der Waals surface area contributed by atoms with Gasteiger partial charge in [0.1, 0.15) is 11.6 Å². The quantitative estimate of drug-likeness (QED) is 0.883. The third kappa shape index (κ3) is 2.64. The Hall–Kier alpha value is -1.74. The topological polar surface area (TPSA) is 34.1 Å². The van der Waals surface area contributed by atoms with E-state index in [0.717, 1.165) is 17.3 Å². The second kappa shape index (κ2) is 4.86. The van der Waals surface area contributed by atoms with Gasteiger partial charge in [0, 0.05) is 11.9 Å². The monoisotopic (exact) mass is 234 g/mol. The molecule has 0 fully saturated rings. The molecule has 0 unspecified atom stereocenters. The number of nitrogens with zero attached hydrogens (tertiary/aromatic N) is 1. The Balaban J connectivity index is 2.11. The van der Waals surface area contributed by atoms with Crippen LogP contribution in [0.5, 0.6) is 5.75 Å². The highest BCUT2D eigenvalue weighted by molar-refractivity contribution is 6.30. The van der Waals surface area contributed by atoms with Gasteiger partial charge >= 0.3 is 0 Å². The predicted octanol–water partition coefficient (Wildman–Crippen LogP) is 3.49. The summed E-state index contributed by atoms with van der Waals surface area (Å²) in [6.45, 7) is 0. The van der Waals surface area contributed by atoms with Gasteiger partial charge in [-0.05, 0) is 36.4 Å². The van der Waals surface area contributed by atoms with E-state index in [4.69, 9.17) is 16.3 Å². The Morgan fingerprint density at radius 1 is 1.12 bits per heavy atom. The minimum atomic E-state index is 0.625. The Bertz CT molecular complexity index is 453. The summed E-state index contributed by atoms with van der Waals surface area (Å²) in [7, 11) is 1.64. The van der Waals surface area contributed by atoms with Gasteiger partial charge in [0.05, 0.1) is 12.1 Å². The molecule has 3 nitrogen and oxygen atoms in total. The van der Waals surface area contributed by atoms with Crippen molar-refractivity contribution in [3.05, 3.63) is 47.6 Å². The fraction of sp³-hybridized carbons (Fsp3) is 0.0833. The molecule has 0 saturated heterocycles. The molecule has 0 aliphatic rings. The number of ether oxygens (including phenoxy) is 1. The largest absolute Gasteiger partial charge is 0.497 e. The maximum atomic E-state index is 5.75. The van der Waals surface area contributed by atoms with Gasteiger partial charge in [0.15, 0.2) is 0 Å². The number of methoxy groups -OCH3 is 1. The van der Waals surface area contributed by atoms with Crippen molar-refractivity contribution in [1.29, 1.82) is 0 Å². The highest BCUT2D eigenvalue weighted by Crippen LogP contribution is 2.19. The Morgan fingerprint density at radius 3 is 2.44 bits per heavy atom. The van der Waals surface area contributed by atoms with E-state index < -0.39 is 0 Å². The number of rotatable bonds is 3. The highest BCUT2D eigenvalue weighted by atomic mass is 35.5. The first-order chi connectivity index (χ1) is 7.78. The summed E-state index contributed by atoms with van der Waals surface area (Å²) in [5.41, 5.74) is 0.954. The molecule has 16 heavy (non-hydrogen) atoms. The van der Waals surface area contributed by atoms with Gasteiger partial charge < -0.3 is 10.1 Å². The van der Waals surface area contributed by atoms with Crippen LogP contribution in [0, 0.1) is 0 Å². The first kappa shape index (κ1) is 10.8. The predicted molar refractivity (Wildman–Crippen MR) is 65.5 cm³/mol. The van der Waals surface area contributed by atoms with E-state index in [2.05, 4.69) is 10.3 Å². The zero-order valence-electron chi connectivity index (χ0n) is 8.77. The van der Waals surface area contributed by atoms with Gasteiger partial charge in [-0.15, -0.1) is 0 Å². The van der Waals surface area contributed by atoms with Crippen molar-refractivity contribution >= 4 is 23.1 Å². The van der Waals surface area contributed by atoms with Gasteiger partial charge in [0.25, 0.3) is 0 Å². The van der Waals surface area contributed by atoms with Crippen LogP contribution < -0.4 is 10.1 Å². The number of halogens is 1. The molecule has 1 N–H and O–H groups in total. The van der Waals surface area contributed by atoms with Gasteiger partial charge in [-0.2, -0.15) is 0 Å².